The van der Waals surface area contributed by atoms with Crippen molar-refractivity contribution in [3.63, 3.8) is 0 Å². The lowest BCUT2D eigenvalue weighted by Gasteiger charge is -2.40. The van der Waals surface area contributed by atoms with E-state index in [1.165, 1.54) is 97.5 Å². The van der Waals surface area contributed by atoms with Crippen molar-refractivity contribution in [3.8, 4) is 33.4 Å². The maximum atomic E-state index is 2.56. The molecule has 2 heterocycles. The Balaban J connectivity index is 1.08. The summed E-state index contributed by atoms with van der Waals surface area (Å²) in [6.45, 7) is 0. The van der Waals surface area contributed by atoms with E-state index in [0.29, 0.717) is 0 Å². The van der Waals surface area contributed by atoms with E-state index in [4.69, 9.17) is 0 Å². The lowest BCUT2D eigenvalue weighted by Crippen LogP contribution is -2.32. The third-order valence-electron chi connectivity index (χ3n) is 14.4. The first-order valence-electron chi connectivity index (χ1n) is 22.4. The topological polar surface area (TPSA) is 3.24 Å². The van der Waals surface area contributed by atoms with E-state index in [2.05, 4.69) is 241 Å². The fraction of sp³-hybridized carbons (Fsp3) is 0.0323. The molecule has 2 spiro atoms. The quantitative estimate of drug-likeness (QED) is 0.174. The molecule has 0 aromatic heterocycles. The van der Waals surface area contributed by atoms with Gasteiger partial charge in [0.25, 0.3) is 0 Å². The summed E-state index contributed by atoms with van der Waals surface area (Å²) in [6.07, 6.45) is 0. The van der Waals surface area contributed by atoms with E-state index in [-0.39, 0.29) is 0 Å². The molecule has 304 valence electrons. The average molecular weight is 862 g/mol. The van der Waals surface area contributed by atoms with Gasteiger partial charge in [-0.15, -0.1) is 0 Å². The maximum absolute atomic E-state index is 2.56. The van der Waals surface area contributed by atoms with Crippen LogP contribution in [0.4, 0.5) is 17.1 Å². The Morgan fingerprint density at radius 3 is 1.32 bits per heavy atom. The van der Waals surface area contributed by atoms with Crippen LogP contribution in [0.5, 0.6) is 0 Å². The zero-order valence-electron chi connectivity index (χ0n) is 35.3. The summed E-state index contributed by atoms with van der Waals surface area (Å²) in [5.41, 5.74) is 20.6. The molecule has 0 amide bonds. The standard InChI is InChI=1S/C62H39NS2/c1-2-18-40(19-3-1)41-20-16-21-42(38-41)63(43-36-37-45-44-22-4-6-24-47(44)62(54(45)39-43)51-28-10-14-34-58(51)65-59-35-15-11-29-52(59)62)55-31-17-30-53-60(55)46-23-5-7-25-48(46)61(53)49-26-8-12-32-56(49)64-57-33-13-9-27-50(57)61/h1-39H. The molecule has 2 aliphatic heterocycles. The Morgan fingerprint density at radius 1 is 0.277 bits per heavy atom. The number of anilines is 3. The summed E-state index contributed by atoms with van der Waals surface area (Å²) in [5.74, 6) is 0. The normalized spacial score (nSPS) is 14.6. The van der Waals surface area contributed by atoms with Crippen molar-refractivity contribution in [1.82, 2.24) is 0 Å². The van der Waals surface area contributed by atoms with E-state index in [0.717, 1.165) is 17.1 Å². The summed E-state index contributed by atoms with van der Waals surface area (Å²) in [6, 6.07) is 89.0. The van der Waals surface area contributed by atoms with Crippen molar-refractivity contribution in [2.75, 3.05) is 4.90 Å². The van der Waals surface area contributed by atoms with Crippen molar-refractivity contribution in [2.24, 2.45) is 0 Å². The van der Waals surface area contributed by atoms with E-state index >= 15 is 0 Å². The molecule has 14 rings (SSSR count). The maximum Gasteiger partial charge on any atom is 0.0736 e. The van der Waals surface area contributed by atoms with Gasteiger partial charge in [0.1, 0.15) is 0 Å². The lowest BCUT2D eigenvalue weighted by molar-refractivity contribution is 0.722. The van der Waals surface area contributed by atoms with E-state index in [1.807, 2.05) is 23.5 Å². The third kappa shape index (κ3) is 5.03. The van der Waals surface area contributed by atoms with E-state index < -0.39 is 10.8 Å². The highest BCUT2D eigenvalue weighted by Crippen LogP contribution is 2.66. The fourth-order valence-corrected chi connectivity index (χ4v) is 14.3. The van der Waals surface area contributed by atoms with Crippen LogP contribution >= 0.6 is 23.5 Å². The van der Waals surface area contributed by atoms with Crippen LogP contribution in [0.2, 0.25) is 0 Å². The second-order valence-corrected chi connectivity index (χ2v) is 19.6. The highest BCUT2D eigenvalue weighted by molar-refractivity contribution is 7.99. The van der Waals surface area contributed by atoms with Crippen LogP contribution < -0.4 is 4.90 Å². The summed E-state index contributed by atoms with van der Waals surface area (Å²) in [7, 11) is 0. The Kier molecular flexibility index (Phi) is 8.05. The molecule has 0 atom stereocenters. The molecular weight excluding hydrogens is 823 g/mol. The molecule has 10 aromatic carbocycles. The highest BCUT2D eigenvalue weighted by Gasteiger charge is 2.52. The van der Waals surface area contributed by atoms with Crippen LogP contribution in [0.15, 0.2) is 256 Å². The van der Waals surface area contributed by atoms with Crippen LogP contribution in [-0.2, 0) is 10.8 Å². The molecule has 0 radical (unpaired) electrons. The summed E-state index contributed by atoms with van der Waals surface area (Å²) >= 11 is 3.78. The van der Waals surface area contributed by atoms with Crippen molar-refractivity contribution in [1.29, 1.82) is 0 Å². The smallest absolute Gasteiger partial charge is 0.0736 e. The van der Waals surface area contributed by atoms with Gasteiger partial charge in [0.2, 0.25) is 0 Å². The molecule has 3 heteroatoms. The first-order chi connectivity index (χ1) is 32.2. The molecule has 1 nitrogen and oxygen atoms in total. The molecular formula is C62H39NS2. The minimum absolute atomic E-state index is 0.491. The molecule has 0 unspecified atom stereocenters. The van der Waals surface area contributed by atoms with Crippen molar-refractivity contribution >= 4 is 40.6 Å². The SMILES string of the molecule is c1ccc(-c2cccc(N(c3ccc4c(c3)C3(c5ccccc5Sc5ccccc53)c3ccccc3-4)c3cccc4c3-c3ccccc3C43c4ccccc4Sc4ccccc43)c2)cc1. The predicted molar refractivity (Wildman–Crippen MR) is 269 cm³/mol. The lowest BCUT2D eigenvalue weighted by atomic mass is 9.67. The van der Waals surface area contributed by atoms with Gasteiger partial charge in [0.05, 0.1) is 16.5 Å². The number of nitrogens with zero attached hydrogens (tertiary/aromatic N) is 1. The molecule has 65 heavy (non-hydrogen) atoms. The van der Waals surface area contributed by atoms with Crippen molar-refractivity contribution in [2.45, 2.75) is 30.4 Å². The zero-order valence-corrected chi connectivity index (χ0v) is 36.9. The van der Waals surface area contributed by atoms with Gasteiger partial charge in [0, 0.05) is 36.5 Å². The number of rotatable bonds is 4. The average Bonchev–Trinajstić information content (AvgIpc) is 3.83. The van der Waals surface area contributed by atoms with Crippen LogP contribution in [0, 0.1) is 0 Å². The monoisotopic (exact) mass is 861 g/mol. The van der Waals surface area contributed by atoms with Crippen LogP contribution in [-0.4, -0.2) is 0 Å². The Labute approximate surface area is 388 Å². The molecule has 0 saturated heterocycles. The molecule has 0 fully saturated rings. The molecule has 0 N–H and O–H groups in total. The Bertz CT molecular complexity index is 3500. The molecule has 0 bridgehead atoms. The van der Waals surface area contributed by atoms with E-state index in [9.17, 15) is 0 Å². The number of fused-ring (bicyclic) bond motifs is 18. The van der Waals surface area contributed by atoms with Gasteiger partial charge in [-0.1, -0.05) is 206 Å². The first-order valence-corrected chi connectivity index (χ1v) is 24.0. The van der Waals surface area contributed by atoms with Gasteiger partial charge in [-0.2, -0.15) is 0 Å². The molecule has 10 aromatic rings. The largest absolute Gasteiger partial charge is 0.310 e. The van der Waals surface area contributed by atoms with Crippen molar-refractivity contribution < 1.29 is 0 Å². The zero-order chi connectivity index (χ0) is 42.7. The van der Waals surface area contributed by atoms with Crippen molar-refractivity contribution in [3.05, 3.63) is 281 Å². The summed E-state index contributed by atoms with van der Waals surface area (Å²) in [4.78, 5) is 7.78. The first kappa shape index (κ1) is 37.1. The van der Waals surface area contributed by atoms with E-state index in [1.54, 1.807) is 0 Å². The molecule has 2 aliphatic carbocycles. The minimum Gasteiger partial charge on any atom is -0.310 e. The highest BCUT2D eigenvalue weighted by atomic mass is 32.2. The van der Waals surface area contributed by atoms with Crippen LogP contribution in [0.1, 0.15) is 44.5 Å². The number of hydrogen-bond acceptors (Lipinski definition) is 3. The molecule has 4 aliphatic rings. The Morgan fingerprint density at radius 2 is 0.708 bits per heavy atom. The van der Waals surface area contributed by atoms with Gasteiger partial charge in [-0.25, -0.2) is 0 Å². The minimum atomic E-state index is -0.500. The van der Waals surface area contributed by atoms with Gasteiger partial charge in [-0.3, -0.25) is 0 Å². The molecule has 0 saturated carbocycles. The van der Waals surface area contributed by atoms with Gasteiger partial charge in [-0.05, 0) is 127 Å². The summed E-state index contributed by atoms with van der Waals surface area (Å²) < 4.78 is 0. The number of hydrogen-bond donors (Lipinski definition) is 0. The van der Waals surface area contributed by atoms with Crippen LogP contribution in [0.25, 0.3) is 33.4 Å². The van der Waals surface area contributed by atoms with Crippen LogP contribution in [0.3, 0.4) is 0 Å². The second kappa shape index (κ2) is 14.1. The fourth-order valence-electron chi connectivity index (χ4n) is 11.9. The Hall–Kier alpha value is -7.30. The van der Waals surface area contributed by atoms with Gasteiger partial charge >= 0.3 is 0 Å². The predicted octanol–water partition coefficient (Wildman–Crippen LogP) is 16.5. The number of benzene rings is 10. The third-order valence-corrected chi connectivity index (χ3v) is 16.7. The van der Waals surface area contributed by atoms with Gasteiger partial charge in [0.15, 0.2) is 0 Å². The summed E-state index contributed by atoms with van der Waals surface area (Å²) in [5, 5.41) is 0. The second-order valence-electron chi connectivity index (χ2n) is 17.5. The van der Waals surface area contributed by atoms with Gasteiger partial charge < -0.3 is 4.90 Å².